The predicted molar refractivity (Wildman–Crippen MR) is 64.3 cm³/mol. The van der Waals surface area contributed by atoms with Gasteiger partial charge in [-0.1, -0.05) is 20.3 Å². The van der Waals surface area contributed by atoms with Crippen molar-refractivity contribution in [3.63, 3.8) is 0 Å². The zero-order chi connectivity index (χ0) is 9.03. The normalized spacial score (nSPS) is 23.8. The molecule has 0 fully saturated rings. The van der Waals surface area contributed by atoms with Gasteiger partial charge in [-0.05, 0) is 6.42 Å². The van der Waals surface area contributed by atoms with Crippen LogP contribution in [0, 0.1) is 0 Å². The Kier molecular flexibility index (Phi) is 9.93. The van der Waals surface area contributed by atoms with Crippen LogP contribution in [-0.2, 0) is 0 Å². The van der Waals surface area contributed by atoms with E-state index in [2.05, 4.69) is 32.1 Å². The van der Waals surface area contributed by atoms with Crippen LogP contribution in [0.2, 0.25) is 0 Å². The summed E-state index contributed by atoms with van der Waals surface area (Å²) in [5.41, 5.74) is 0. The molecule has 0 aromatic carbocycles. The van der Waals surface area contributed by atoms with E-state index in [4.69, 9.17) is 0 Å². The molecule has 78 valence electrons. The van der Waals surface area contributed by atoms with Crippen LogP contribution in [0.1, 0.15) is 34.5 Å². The Morgan fingerprint density at radius 2 is 2.07 bits per heavy atom. The smallest absolute Gasteiger partial charge is 1.00 e. The Morgan fingerprint density at radius 1 is 1.43 bits per heavy atom. The third kappa shape index (κ3) is 4.15. The number of amidine groups is 1. The largest absolute Gasteiger partial charge is 1.00 e. The second-order valence-corrected chi connectivity index (χ2v) is 3.54. The molecule has 0 amide bonds. The molecule has 0 aliphatic carbocycles. The van der Waals surface area contributed by atoms with Gasteiger partial charge in [0.15, 0.2) is 0 Å². The molecule has 0 bridgehead atoms. The van der Waals surface area contributed by atoms with Crippen LogP contribution in [-0.4, -0.2) is 23.9 Å². The molecule has 1 rings (SSSR count). The maximum absolute atomic E-state index is 4.37. The number of nitrogens with zero attached hydrogens (tertiary/aromatic N) is 2. The van der Waals surface area contributed by atoms with Gasteiger partial charge in [-0.2, -0.15) is 0 Å². The predicted octanol–water partition coefficient (Wildman–Crippen LogP) is 0.221. The molecule has 0 saturated heterocycles. The maximum Gasteiger partial charge on any atom is 1.00 e. The molecule has 0 saturated carbocycles. The minimum atomic E-state index is 0. The van der Waals surface area contributed by atoms with E-state index in [-0.39, 0.29) is 48.0 Å². The summed E-state index contributed by atoms with van der Waals surface area (Å²) in [5.74, 6) is 1.29. The molecule has 0 aromatic rings. The standard InChI is InChI=1S/C10H19N2.BrH.Na.H/c1-4-6-8-12(3)9-7-11-10(12)5-2;;;/h7,9H,4-6,8H2,1-3H3;1H;;/q+1;;+1;-1. The molecule has 1 aliphatic heterocycles. The van der Waals surface area contributed by atoms with Gasteiger partial charge in [-0.15, -0.1) is 17.0 Å². The number of unbranched alkanes of at least 4 members (excludes halogenated alkanes) is 1. The summed E-state index contributed by atoms with van der Waals surface area (Å²) >= 11 is 0. The number of quaternary nitrogens is 1. The van der Waals surface area contributed by atoms with Crippen molar-refractivity contribution in [3.05, 3.63) is 12.4 Å². The minimum Gasteiger partial charge on any atom is -1.00 e. The van der Waals surface area contributed by atoms with Crippen LogP contribution in [0.3, 0.4) is 0 Å². The molecule has 0 N–H and O–H groups in total. The number of hydrogen-bond donors (Lipinski definition) is 0. The fraction of sp³-hybridized carbons (Fsp3) is 0.700. The van der Waals surface area contributed by atoms with Crippen LogP contribution >= 0.6 is 17.0 Å². The average molecular weight is 272 g/mol. The van der Waals surface area contributed by atoms with E-state index in [0.29, 0.717) is 0 Å². The Hall–Kier alpha value is 0.850. The second-order valence-electron chi connectivity index (χ2n) is 3.54. The fourth-order valence-electron chi connectivity index (χ4n) is 1.63. The molecule has 1 atom stereocenters. The third-order valence-corrected chi connectivity index (χ3v) is 2.50. The Bertz CT molecular complexity index is 221. The first kappa shape index (κ1) is 17.3. The summed E-state index contributed by atoms with van der Waals surface area (Å²) < 4.78 is 0.935. The maximum atomic E-state index is 4.37. The zero-order valence-electron chi connectivity index (χ0n) is 10.8. The van der Waals surface area contributed by atoms with E-state index in [0.717, 1.165) is 10.9 Å². The van der Waals surface area contributed by atoms with E-state index >= 15 is 0 Å². The van der Waals surface area contributed by atoms with Crippen LogP contribution in [0.4, 0.5) is 0 Å². The molecule has 0 spiro atoms. The van der Waals surface area contributed by atoms with Gasteiger partial charge in [0, 0.05) is 6.42 Å². The summed E-state index contributed by atoms with van der Waals surface area (Å²) in [6, 6.07) is 0. The van der Waals surface area contributed by atoms with Gasteiger partial charge in [0.05, 0.1) is 19.8 Å². The van der Waals surface area contributed by atoms with Gasteiger partial charge >= 0.3 is 29.6 Å². The SMILES string of the molecule is Br.CCCC[N+]1(C)C=CN=C1CC.[H-].[Na+]. The van der Waals surface area contributed by atoms with Gasteiger partial charge in [0.2, 0.25) is 5.84 Å². The molecular formula is C10H21BrN2Na+. The van der Waals surface area contributed by atoms with E-state index in [1.165, 1.54) is 25.2 Å². The molecule has 1 unspecified atom stereocenters. The van der Waals surface area contributed by atoms with E-state index < -0.39 is 0 Å². The number of aliphatic imine (C=N–C) groups is 1. The van der Waals surface area contributed by atoms with Crippen molar-refractivity contribution in [2.75, 3.05) is 13.6 Å². The summed E-state index contributed by atoms with van der Waals surface area (Å²) in [4.78, 5) is 4.37. The number of halogens is 1. The molecule has 14 heavy (non-hydrogen) atoms. The summed E-state index contributed by atoms with van der Waals surface area (Å²) in [6.07, 6.45) is 7.73. The van der Waals surface area contributed by atoms with Crippen molar-refractivity contribution in [2.24, 2.45) is 4.99 Å². The van der Waals surface area contributed by atoms with Crippen LogP contribution in [0.25, 0.3) is 0 Å². The fourth-order valence-corrected chi connectivity index (χ4v) is 1.63. The minimum absolute atomic E-state index is 0. The summed E-state index contributed by atoms with van der Waals surface area (Å²) in [7, 11) is 2.24. The third-order valence-electron chi connectivity index (χ3n) is 2.50. The van der Waals surface area contributed by atoms with Gasteiger partial charge < -0.3 is 1.43 Å². The molecule has 2 nitrogen and oxygen atoms in total. The van der Waals surface area contributed by atoms with Gasteiger partial charge in [0.25, 0.3) is 0 Å². The van der Waals surface area contributed by atoms with Crippen LogP contribution in [0.15, 0.2) is 17.4 Å². The topological polar surface area (TPSA) is 12.4 Å². The number of rotatable bonds is 4. The monoisotopic (exact) mass is 271 g/mol. The van der Waals surface area contributed by atoms with Crippen molar-refractivity contribution in [1.82, 2.24) is 0 Å². The first-order valence-corrected chi connectivity index (χ1v) is 4.83. The first-order valence-electron chi connectivity index (χ1n) is 4.83. The van der Waals surface area contributed by atoms with E-state index in [9.17, 15) is 0 Å². The molecule has 0 aromatic heterocycles. The van der Waals surface area contributed by atoms with E-state index in [1.807, 2.05) is 6.20 Å². The van der Waals surface area contributed by atoms with Gasteiger partial charge in [-0.3, -0.25) is 4.48 Å². The molecule has 1 heterocycles. The van der Waals surface area contributed by atoms with Gasteiger partial charge in [0.1, 0.15) is 6.20 Å². The Morgan fingerprint density at radius 3 is 2.57 bits per heavy atom. The van der Waals surface area contributed by atoms with E-state index in [1.54, 1.807) is 0 Å². The Labute approximate surface area is 122 Å². The van der Waals surface area contributed by atoms with Crippen molar-refractivity contribution in [1.29, 1.82) is 0 Å². The van der Waals surface area contributed by atoms with Crippen LogP contribution < -0.4 is 29.6 Å². The van der Waals surface area contributed by atoms with Crippen molar-refractivity contribution < 1.29 is 35.5 Å². The van der Waals surface area contributed by atoms with Crippen molar-refractivity contribution >= 4 is 22.8 Å². The molecule has 1 aliphatic rings. The average Bonchev–Trinajstić information content (AvgIpc) is 2.44. The van der Waals surface area contributed by atoms with Crippen molar-refractivity contribution in [3.8, 4) is 0 Å². The summed E-state index contributed by atoms with van der Waals surface area (Å²) in [5, 5.41) is 0. The first-order chi connectivity index (χ1) is 5.73. The zero-order valence-corrected chi connectivity index (χ0v) is 13.5. The molecular weight excluding hydrogens is 251 g/mol. The van der Waals surface area contributed by atoms with Crippen molar-refractivity contribution in [2.45, 2.75) is 33.1 Å². The summed E-state index contributed by atoms with van der Waals surface area (Å²) in [6.45, 7) is 5.60. The van der Waals surface area contributed by atoms with Gasteiger partial charge in [-0.25, -0.2) is 4.99 Å². The molecule has 0 radical (unpaired) electrons. The Balaban J connectivity index is -0.000000480. The quantitative estimate of drug-likeness (QED) is 0.513. The van der Waals surface area contributed by atoms with Crippen LogP contribution in [0.5, 0.6) is 0 Å². The molecule has 4 heteroatoms. The second kappa shape index (κ2) is 8.05. The number of hydrogen-bond acceptors (Lipinski definition) is 1.